The Morgan fingerprint density at radius 1 is 1.06 bits per heavy atom. The first kappa shape index (κ1) is 21.7. The van der Waals surface area contributed by atoms with Crippen molar-refractivity contribution in [1.82, 2.24) is 9.97 Å². The highest BCUT2D eigenvalue weighted by molar-refractivity contribution is 5.92. The van der Waals surface area contributed by atoms with E-state index >= 15 is 0 Å². The van der Waals surface area contributed by atoms with Gasteiger partial charge in [0.2, 0.25) is 11.8 Å². The molecule has 0 bridgehead atoms. The maximum atomic E-state index is 13.4. The number of hydrogen-bond acceptors (Lipinski definition) is 5. The van der Waals surface area contributed by atoms with Crippen LogP contribution < -0.4 is 15.0 Å². The number of rotatable bonds is 5. The number of carbonyl (C=O) groups excluding carboxylic acids is 1. The third-order valence-corrected chi connectivity index (χ3v) is 6.01. The van der Waals surface area contributed by atoms with Crippen LogP contribution in [0.15, 0.2) is 48.8 Å². The largest absolute Gasteiger partial charge is 0.439 e. The molecule has 0 aliphatic carbocycles. The fourth-order valence-corrected chi connectivity index (χ4v) is 3.84. The number of anilines is 2. The molecule has 1 aliphatic rings. The molecule has 2 aromatic carbocycles. The predicted molar refractivity (Wildman–Crippen MR) is 123 cm³/mol. The SMILES string of the molecule is Cc1cc(NC(=O)C2CCN(c3cc(Oc4cccc(C)c4C)ncn3)CC2)ccc1F. The summed E-state index contributed by atoms with van der Waals surface area (Å²) in [5, 5.41) is 2.91. The van der Waals surface area contributed by atoms with Crippen LogP contribution in [-0.4, -0.2) is 29.0 Å². The van der Waals surface area contributed by atoms with Crippen molar-refractivity contribution in [1.29, 1.82) is 0 Å². The first-order chi connectivity index (χ1) is 15.4. The number of aryl methyl sites for hydroxylation is 2. The topological polar surface area (TPSA) is 67.4 Å². The third-order valence-electron chi connectivity index (χ3n) is 6.01. The van der Waals surface area contributed by atoms with Gasteiger partial charge in [-0.1, -0.05) is 12.1 Å². The molecule has 0 spiro atoms. The molecule has 0 radical (unpaired) electrons. The van der Waals surface area contributed by atoms with Crippen LogP contribution in [0.3, 0.4) is 0 Å². The summed E-state index contributed by atoms with van der Waals surface area (Å²) in [7, 11) is 0. The molecule has 32 heavy (non-hydrogen) atoms. The molecular weight excluding hydrogens is 407 g/mol. The summed E-state index contributed by atoms with van der Waals surface area (Å²) >= 11 is 0. The summed E-state index contributed by atoms with van der Waals surface area (Å²) in [6, 6.07) is 12.4. The molecule has 7 heteroatoms. The van der Waals surface area contributed by atoms with E-state index in [0.29, 0.717) is 43.1 Å². The van der Waals surface area contributed by atoms with Crippen molar-refractivity contribution in [3.05, 3.63) is 71.3 Å². The van der Waals surface area contributed by atoms with Gasteiger partial charge in [0.1, 0.15) is 23.7 Å². The summed E-state index contributed by atoms with van der Waals surface area (Å²) in [6.07, 6.45) is 2.93. The van der Waals surface area contributed by atoms with Crippen LogP contribution in [0.1, 0.15) is 29.5 Å². The molecule has 1 N–H and O–H groups in total. The zero-order valence-corrected chi connectivity index (χ0v) is 18.6. The highest BCUT2D eigenvalue weighted by Gasteiger charge is 2.26. The van der Waals surface area contributed by atoms with Gasteiger partial charge in [-0.25, -0.2) is 14.4 Å². The summed E-state index contributed by atoms with van der Waals surface area (Å²) in [5.41, 5.74) is 3.38. The van der Waals surface area contributed by atoms with Crippen LogP contribution in [-0.2, 0) is 4.79 Å². The van der Waals surface area contributed by atoms with E-state index < -0.39 is 0 Å². The highest BCUT2D eigenvalue weighted by Crippen LogP contribution is 2.29. The zero-order chi connectivity index (χ0) is 22.7. The average Bonchev–Trinajstić information content (AvgIpc) is 2.80. The van der Waals surface area contributed by atoms with Gasteiger partial charge in [-0.2, -0.15) is 0 Å². The Bertz CT molecular complexity index is 1130. The standard InChI is InChI=1S/C25H27FN4O2/c1-16-5-4-6-22(18(16)3)32-24-14-23(27-15-28-24)30-11-9-19(10-12-30)25(31)29-20-7-8-21(26)17(2)13-20/h4-8,13-15,19H,9-12H2,1-3H3,(H,29,31). The Hall–Kier alpha value is -3.48. The molecule has 3 aromatic rings. The molecule has 6 nitrogen and oxygen atoms in total. The van der Waals surface area contributed by atoms with Crippen molar-refractivity contribution in [3.8, 4) is 11.6 Å². The number of hydrogen-bond donors (Lipinski definition) is 1. The fourth-order valence-electron chi connectivity index (χ4n) is 3.84. The predicted octanol–water partition coefficient (Wildman–Crippen LogP) is 5.19. The van der Waals surface area contributed by atoms with Gasteiger partial charge in [-0.05, 0) is 74.6 Å². The van der Waals surface area contributed by atoms with Gasteiger partial charge < -0.3 is 15.0 Å². The molecule has 2 heterocycles. The van der Waals surface area contributed by atoms with Crippen LogP contribution in [0.5, 0.6) is 11.6 Å². The highest BCUT2D eigenvalue weighted by atomic mass is 19.1. The lowest BCUT2D eigenvalue weighted by atomic mass is 9.95. The van der Waals surface area contributed by atoms with E-state index in [4.69, 9.17) is 4.74 Å². The average molecular weight is 435 g/mol. The van der Waals surface area contributed by atoms with E-state index in [1.165, 1.54) is 12.4 Å². The Morgan fingerprint density at radius 2 is 1.84 bits per heavy atom. The lowest BCUT2D eigenvalue weighted by molar-refractivity contribution is -0.120. The number of amides is 1. The second-order valence-electron chi connectivity index (χ2n) is 8.23. The van der Waals surface area contributed by atoms with Crippen LogP contribution in [0, 0.1) is 32.5 Å². The molecule has 1 aliphatic heterocycles. The maximum Gasteiger partial charge on any atom is 0.227 e. The monoisotopic (exact) mass is 434 g/mol. The Kier molecular flexibility index (Phi) is 6.35. The van der Waals surface area contributed by atoms with Crippen LogP contribution in [0.25, 0.3) is 0 Å². The van der Waals surface area contributed by atoms with Gasteiger partial charge in [0.05, 0.1) is 0 Å². The molecule has 0 saturated carbocycles. The number of benzene rings is 2. The van der Waals surface area contributed by atoms with E-state index in [1.807, 2.05) is 38.1 Å². The minimum Gasteiger partial charge on any atom is -0.439 e. The number of carbonyl (C=O) groups is 1. The molecule has 1 amide bonds. The Balaban J connectivity index is 1.36. The van der Waals surface area contributed by atoms with Gasteiger partial charge >= 0.3 is 0 Å². The summed E-state index contributed by atoms with van der Waals surface area (Å²) in [4.78, 5) is 23.4. The van der Waals surface area contributed by atoms with E-state index in [-0.39, 0.29) is 17.6 Å². The fraction of sp³-hybridized carbons (Fsp3) is 0.320. The van der Waals surface area contributed by atoms with Gasteiger partial charge in [-0.3, -0.25) is 4.79 Å². The zero-order valence-electron chi connectivity index (χ0n) is 18.6. The summed E-state index contributed by atoms with van der Waals surface area (Å²) in [6.45, 7) is 7.17. The molecule has 0 atom stereocenters. The minimum atomic E-state index is -0.276. The van der Waals surface area contributed by atoms with Crippen LogP contribution >= 0.6 is 0 Å². The number of halogens is 1. The second-order valence-corrected chi connectivity index (χ2v) is 8.23. The van der Waals surface area contributed by atoms with E-state index in [9.17, 15) is 9.18 Å². The molecule has 1 aromatic heterocycles. The number of piperidine rings is 1. The number of nitrogens with one attached hydrogen (secondary N) is 1. The van der Waals surface area contributed by atoms with Gasteiger partial charge in [0, 0.05) is 30.8 Å². The molecule has 1 fully saturated rings. The third kappa shape index (κ3) is 4.88. The minimum absolute atomic E-state index is 0.0303. The van der Waals surface area contributed by atoms with Crippen molar-refractivity contribution in [2.45, 2.75) is 33.6 Å². The normalized spacial score (nSPS) is 14.3. The molecule has 1 saturated heterocycles. The van der Waals surface area contributed by atoms with Crippen molar-refractivity contribution < 1.29 is 13.9 Å². The van der Waals surface area contributed by atoms with Gasteiger partial charge in [0.25, 0.3) is 0 Å². The number of ether oxygens (including phenoxy) is 1. The van der Waals surface area contributed by atoms with Crippen LogP contribution in [0.2, 0.25) is 0 Å². The van der Waals surface area contributed by atoms with E-state index in [2.05, 4.69) is 20.2 Å². The second kappa shape index (κ2) is 9.34. The van der Waals surface area contributed by atoms with E-state index in [1.54, 1.807) is 19.1 Å². The Labute approximate surface area is 187 Å². The lowest BCUT2D eigenvalue weighted by Crippen LogP contribution is -2.38. The van der Waals surface area contributed by atoms with Crippen molar-refractivity contribution in [2.75, 3.05) is 23.3 Å². The molecular formula is C25H27FN4O2. The Morgan fingerprint density at radius 3 is 2.59 bits per heavy atom. The summed E-state index contributed by atoms with van der Waals surface area (Å²) < 4.78 is 19.4. The van der Waals surface area contributed by atoms with E-state index in [0.717, 1.165) is 22.7 Å². The first-order valence-corrected chi connectivity index (χ1v) is 10.8. The number of nitrogens with zero attached hydrogens (tertiary/aromatic N) is 3. The summed E-state index contributed by atoms with van der Waals surface area (Å²) in [5.74, 6) is 1.66. The molecule has 4 rings (SSSR count). The van der Waals surface area contributed by atoms with Crippen molar-refractivity contribution in [3.63, 3.8) is 0 Å². The van der Waals surface area contributed by atoms with Gasteiger partial charge in [0.15, 0.2) is 0 Å². The van der Waals surface area contributed by atoms with Crippen molar-refractivity contribution >= 4 is 17.4 Å². The number of aromatic nitrogens is 2. The molecule has 166 valence electrons. The van der Waals surface area contributed by atoms with Crippen molar-refractivity contribution in [2.24, 2.45) is 5.92 Å². The molecule has 0 unspecified atom stereocenters. The quantitative estimate of drug-likeness (QED) is 0.599. The first-order valence-electron chi connectivity index (χ1n) is 10.8. The van der Waals surface area contributed by atoms with Crippen LogP contribution in [0.4, 0.5) is 15.9 Å². The smallest absolute Gasteiger partial charge is 0.227 e. The van der Waals surface area contributed by atoms with Gasteiger partial charge in [-0.15, -0.1) is 0 Å². The lowest BCUT2D eigenvalue weighted by Gasteiger charge is -2.32. The maximum absolute atomic E-state index is 13.4.